The number of nitrogens with zero attached hydrogens (tertiary/aromatic N) is 1. The molecule has 1 aromatic carbocycles. The van der Waals surface area contributed by atoms with E-state index in [1.54, 1.807) is 18.5 Å². The summed E-state index contributed by atoms with van der Waals surface area (Å²) < 4.78 is 0.799. The summed E-state index contributed by atoms with van der Waals surface area (Å²) in [5.74, 6) is -0.109. The summed E-state index contributed by atoms with van der Waals surface area (Å²) in [5, 5.41) is 2.97. The largest absolute Gasteiger partial charge is 0.351 e. The molecule has 1 N–H and O–H groups in total. The van der Waals surface area contributed by atoms with E-state index in [0.717, 1.165) is 4.47 Å². The first-order valence-corrected chi connectivity index (χ1v) is 7.22. The van der Waals surface area contributed by atoms with E-state index in [4.69, 9.17) is 0 Å². The summed E-state index contributed by atoms with van der Waals surface area (Å²) in [4.78, 5) is 16.1. The fraction of sp³-hybridized carbons (Fsp3) is 0.250. The average Bonchev–Trinajstić information content (AvgIpc) is 2.46. The number of hydrogen-bond donors (Lipinski definition) is 1. The van der Waals surface area contributed by atoms with Gasteiger partial charge in [0.1, 0.15) is 0 Å². The third-order valence-corrected chi connectivity index (χ3v) is 3.65. The van der Waals surface area contributed by atoms with Crippen LogP contribution in [0, 0.1) is 0 Å². The van der Waals surface area contributed by atoms with Crippen LogP contribution in [-0.4, -0.2) is 17.4 Å². The molecule has 0 fully saturated rings. The van der Waals surface area contributed by atoms with Crippen molar-refractivity contribution in [2.24, 2.45) is 0 Å². The molecular formula is C16H17BrN2O. The van der Waals surface area contributed by atoms with E-state index in [0.29, 0.717) is 12.1 Å². The fourth-order valence-electron chi connectivity index (χ4n) is 1.93. The highest BCUT2D eigenvalue weighted by Gasteiger charge is 2.21. The van der Waals surface area contributed by atoms with Crippen LogP contribution < -0.4 is 5.32 Å². The molecule has 0 saturated heterocycles. The van der Waals surface area contributed by atoms with Crippen LogP contribution in [-0.2, 0) is 5.41 Å². The number of halogens is 1. The third kappa shape index (κ3) is 3.67. The molecule has 1 amide bonds. The van der Waals surface area contributed by atoms with Gasteiger partial charge in [-0.2, -0.15) is 0 Å². The van der Waals surface area contributed by atoms with Gasteiger partial charge in [0.05, 0.1) is 5.56 Å². The number of nitrogens with one attached hydrogen (secondary N) is 1. The molecule has 2 aromatic rings. The molecule has 104 valence electrons. The molecule has 1 heterocycles. The van der Waals surface area contributed by atoms with E-state index in [9.17, 15) is 4.79 Å². The first-order chi connectivity index (χ1) is 9.49. The van der Waals surface area contributed by atoms with Crippen molar-refractivity contribution < 1.29 is 4.79 Å². The predicted octanol–water partition coefficient (Wildman–Crippen LogP) is 3.55. The highest BCUT2D eigenvalue weighted by Crippen LogP contribution is 2.21. The minimum atomic E-state index is -0.115. The molecule has 0 aliphatic rings. The molecule has 0 bridgehead atoms. The van der Waals surface area contributed by atoms with Crippen LogP contribution >= 0.6 is 15.9 Å². The maximum atomic E-state index is 12.1. The Balaban J connectivity index is 2.03. The maximum absolute atomic E-state index is 12.1. The number of aromatic nitrogens is 1. The maximum Gasteiger partial charge on any atom is 0.252 e. The van der Waals surface area contributed by atoms with E-state index >= 15 is 0 Å². The van der Waals surface area contributed by atoms with Crippen molar-refractivity contribution in [3.05, 3.63) is 64.4 Å². The second-order valence-electron chi connectivity index (χ2n) is 5.32. The van der Waals surface area contributed by atoms with Crippen molar-refractivity contribution in [1.29, 1.82) is 0 Å². The summed E-state index contributed by atoms with van der Waals surface area (Å²) in [6, 6.07) is 11.9. The Bertz CT molecular complexity index is 596. The van der Waals surface area contributed by atoms with Crippen LogP contribution in [0.25, 0.3) is 0 Å². The molecule has 2 rings (SSSR count). The predicted molar refractivity (Wildman–Crippen MR) is 83.7 cm³/mol. The van der Waals surface area contributed by atoms with Crippen LogP contribution in [0.15, 0.2) is 53.3 Å². The zero-order valence-electron chi connectivity index (χ0n) is 11.6. The number of rotatable bonds is 4. The van der Waals surface area contributed by atoms with E-state index in [-0.39, 0.29) is 11.3 Å². The zero-order valence-corrected chi connectivity index (χ0v) is 13.1. The molecule has 0 aliphatic carbocycles. The lowest BCUT2D eigenvalue weighted by atomic mass is 9.84. The van der Waals surface area contributed by atoms with Crippen LogP contribution in [0.5, 0.6) is 0 Å². The first-order valence-electron chi connectivity index (χ1n) is 6.43. The van der Waals surface area contributed by atoms with Crippen molar-refractivity contribution in [2.75, 3.05) is 6.54 Å². The van der Waals surface area contributed by atoms with Gasteiger partial charge in [-0.3, -0.25) is 9.78 Å². The quantitative estimate of drug-likeness (QED) is 0.930. The van der Waals surface area contributed by atoms with Gasteiger partial charge < -0.3 is 5.32 Å². The van der Waals surface area contributed by atoms with Crippen molar-refractivity contribution in [3.8, 4) is 0 Å². The first kappa shape index (κ1) is 14.7. The smallest absolute Gasteiger partial charge is 0.252 e. The second-order valence-corrected chi connectivity index (χ2v) is 6.24. The highest BCUT2D eigenvalue weighted by molar-refractivity contribution is 9.10. The number of carbonyl (C=O) groups is 1. The van der Waals surface area contributed by atoms with Gasteiger partial charge in [-0.1, -0.05) is 44.2 Å². The molecule has 4 heteroatoms. The van der Waals surface area contributed by atoms with Gasteiger partial charge in [0.25, 0.3) is 5.91 Å². The summed E-state index contributed by atoms with van der Waals surface area (Å²) in [6.07, 6.45) is 3.22. The van der Waals surface area contributed by atoms with Crippen molar-refractivity contribution in [3.63, 3.8) is 0 Å². The lowest BCUT2D eigenvalue weighted by molar-refractivity contribution is 0.0945. The van der Waals surface area contributed by atoms with E-state index in [2.05, 4.69) is 52.2 Å². The van der Waals surface area contributed by atoms with E-state index in [1.807, 2.05) is 18.2 Å². The van der Waals surface area contributed by atoms with Crippen LogP contribution in [0.1, 0.15) is 29.8 Å². The molecule has 0 aliphatic heterocycles. The van der Waals surface area contributed by atoms with Gasteiger partial charge in [-0.05, 0) is 27.6 Å². The van der Waals surface area contributed by atoms with E-state index < -0.39 is 0 Å². The Morgan fingerprint density at radius 3 is 2.60 bits per heavy atom. The number of amides is 1. The normalized spacial score (nSPS) is 11.2. The molecule has 0 spiro atoms. The van der Waals surface area contributed by atoms with Crippen LogP contribution in [0.2, 0.25) is 0 Å². The minimum Gasteiger partial charge on any atom is -0.351 e. The molecule has 1 aromatic heterocycles. The van der Waals surface area contributed by atoms with E-state index in [1.165, 1.54) is 5.56 Å². The number of carbonyl (C=O) groups excluding carboxylic acids is 1. The monoisotopic (exact) mass is 332 g/mol. The average molecular weight is 333 g/mol. The van der Waals surface area contributed by atoms with Gasteiger partial charge in [-0.15, -0.1) is 0 Å². The summed E-state index contributed by atoms with van der Waals surface area (Å²) in [5.41, 5.74) is 1.65. The SMILES string of the molecule is CC(C)(CNC(=O)c1cncc(Br)c1)c1ccccc1. The van der Waals surface area contributed by atoms with Crippen molar-refractivity contribution in [2.45, 2.75) is 19.3 Å². The fourth-order valence-corrected chi connectivity index (χ4v) is 2.30. The molecule has 0 atom stereocenters. The third-order valence-electron chi connectivity index (χ3n) is 3.21. The Kier molecular flexibility index (Phi) is 4.55. The molecule has 0 unspecified atom stereocenters. The Morgan fingerprint density at radius 2 is 1.95 bits per heavy atom. The number of hydrogen-bond acceptors (Lipinski definition) is 2. The minimum absolute atomic E-state index is 0.109. The molecule has 3 nitrogen and oxygen atoms in total. The Hall–Kier alpha value is -1.68. The summed E-state index contributed by atoms with van der Waals surface area (Å²) >= 11 is 3.32. The van der Waals surface area contributed by atoms with Crippen LogP contribution in [0.3, 0.4) is 0 Å². The summed E-state index contributed by atoms with van der Waals surface area (Å²) in [7, 11) is 0. The van der Waals surface area contributed by atoms with Gasteiger partial charge in [0.15, 0.2) is 0 Å². The second kappa shape index (κ2) is 6.18. The standard InChI is InChI=1S/C16H17BrN2O/c1-16(2,13-6-4-3-5-7-13)11-19-15(20)12-8-14(17)10-18-9-12/h3-10H,11H2,1-2H3,(H,19,20). The van der Waals surface area contributed by atoms with Gasteiger partial charge in [0.2, 0.25) is 0 Å². The Morgan fingerprint density at radius 1 is 1.25 bits per heavy atom. The van der Waals surface area contributed by atoms with Crippen molar-refractivity contribution in [1.82, 2.24) is 10.3 Å². The molecular weight excluding hydrogens is 316 g/mol. The molecule has 0 radical (unpaired) electrons. The Labute approximate surface area is 127 Å². The van der Waals surface area contributed by atoms with Crippen molar-refractivity contribution >= 4 is 21.8 Å². The molecule has 20 heavy (non-hydrogen) atoms. The van der Waals surface area contributed by atoms with Gasteiger partial charge >= 0.3 is 0 Å². The number of pyridine rings is 1. The van der Waals surface area contributed by atoms with Gasteiger partial charge in [-0.25, -0.2) is 0 Å². The van der Waals surface area contributed by atoms with Crippen LogP contribution in [0.4, 0.5) is 0 Å². The van der Waals surface area contributed by atoms with Gasteiger partial charge in [0, 0.05) is 28.8 Å². The molecule has 0 saturated carbocycles. The highest BCUT2D eigenvalue weighted by atomic mass is 79.9. The zero-order chi connectivity index (χ0) is 14.6. The lowest BCUT2D eigenvalue weighted by Crippen LogP contribution is -2.36. The lowest BCUT2D eigenvalue weighted by Gasteiger charge is -2.25. The summed E-state index contributed by atoms with van der Waals surface area (Å²) in [6.45, 7) is 4.80. The topological polar surface area (TPSA) is 42.0 Å². The number of benzene rings is 1.